The second-order valence-corrected chi connectivity index (χ2v) is 13.9. The van der Waals surface area contributed by atoms with E-state index < -0.39 is 15.7 Å². The number of hydrogen-bond donors (Lipinski definition) is 0. The summed E-state index contributed by atoms with van der Waals surface area (Å²) in [6, 6.07) is 17.9. The molecule has 3 heterocycles. The topological polar surface area (TPSA) is 85.8 Å². The van der Waals surface area contributed by atoms with E-state index in [1.807, 2.05) is 54.6 Å². The van der Waals surface area contributed by atoms with Crippen molar-refractivity contribution in [3.8, 4) is 17.2 Å². The summed E-state index contributed by atoms with van der Waals surface area (Å²) in [5.74, 6) is 1.99. The summed E-state index contributed by atoms with van der Waals surface area (Å²) in [5.41, 5.74) is 3.34. The zero-order chi connectivity index (χ0) is 34.2. The number of aryl methyl sites for hydroxylation is 3. The predicted octanol–water partition coefficient (Wildman–Crippen LogP) is 8.07. The van der Waals surface area contributed by atoms with Crippen molar-refractivity contribution in [2.45, 2.75) is 65.3 Å². The number of ether oxygens (including phenoxy) is 3. The number of methoxy groups -OCH3 is 3. The molecule has 0 aliphatic rings. The standard InChI is InChI=1S/C38H45N3O6S/c1-8-17-39-23-32(29-20-26(44-4)11-14-35(29)39)38(47-48(7,42)43,33-24-40(18-9-2)36-15-12-27(45-5)21-30(33)36)34-25-41(19-10-3)37-16-13-28(46-6)22-31(34)37/h11-16,20-25H,8-10,17-19H2,1-7H3. The molecule has 0 saturated carbocycles. The van der Waals surface area contributed by atoms with Crippen molar-refractivity contribution in [2.24, 2.45) is 0 Å². The molecular weight excluding hydrogens is 627 g/mol. The Morgan fingerprint density at radius 3 is 1.12 bits per heavy atom. The molecule has 48 heavy (non-hydrogen) atoms. The fourth-order valence-electron chi connectivity index (χ4n) is 7.13. The minimum Gasteiger partial charge on any atom is -0.497 e. The van der Waals surface area contributed by atoms with E-state index in [2.05, 4.69) is 53.1 Å². The van der Waals surface area contributed by atoms with Gasteiger partial charge in [0.2, 0.25) is 0 Å². The van der Waals surface area contributed by atoms with Crippen molar-refractivity contribution in [3.05, 3.63) is 89.9 Å². The van der Waals surface area contributed by atoms with Crippen LogP contribution in [0.4, 0.5) is 0 Å². The molecule has 9 nitrogen and oxygen atoms in total. The van der Waals surface area contributed by atoms with Gasteiger partial charge >= 0.3 is 0 Å². The Hall–Kier alpha value is -4.41. The fraction of sp³-hybridized carbons (Fsp3) is 0.368. The van der Waals surface area contributed by atoms with Crippen LogP contribution in [-0.2, 0) is 39.5 Å². The van der Waals surface area contributed by atoms with Crippen LogP contribution in [0.5, 0.6) is 17.2 Å². The van der Waals surface area contributed by atoms with E-state index >= 15 is 0 Å². The zero-order valence-electron chi connectivity index (χ0n) is 28.9. The summed E-state index contributed by atoms with van der Waals surface area (Å²) in [6.07, 6.45) is 9.96. The fourth-order valence-corrected chi connectivity index (χ4v) is 7.85. The van der Waals surface area contributed by atoms with Gasteiger partial charge in [0.25, 0.3) is 10.1 Å². The van der Waals surface area contributed by atoms with E-state index in [-0.39, 0.29) is 0 Å². The summed E-state index contributed by atoms with van der Waals surface area (Å²) >= 11 is 0. The summed E-state index contributed by atoms with van der Waals surface area (Å²) in [4.78, 5) is 0. The molecule has 0 radical (unpaired) electrons. The van der Waals surface area contributed by atoms with Crippen molar-refractivity contribution in [1.29, 1.82) is 0 Å². The number of aromatic nitrogens is 3. The van der Waals surface area contributed by atoms with E-state index in [9.17, 15) is 8.42 Å². The first-order chi connectivity index (χ1) is 23.1. The van der Waals surface area contributed by atoms with Crippen LogP contribution in [-0.4, -0.2) is 49.7 Å². The molecule has 3 aromatic heterocycles. The van der Waals surface area contributed by atoms with Crippen LogP contribution in [0, 0.1) is 0 Å². The van der Waals surface area contributed by atoms with Crippen LogP contribution in [0.3, 0.4) is 0 Å². The van der Waals surface area contributed by atoms with Crippen LogP contribution in [0.1, 0.15) is 56.7 Å². The third-order valence-corrected chi connectivity index (χ3v) is 9.63. The Morgan fingerprint density at radius 1 is 0.562 bits per heavy atom. The van der Waals surface area contributed by atoms with Gasteiger partial charge in [-0.2, -0.15) is 8.42 Å². The number of hydrogen-bond acceptors (Lipinski definition) is 6. The van der Waals surface area contributed by atoms with Crippen molar-refractivity contribution in [3.63, 3.8) is 0 Å². The SMILES string of the molecule is CCCn1cc(C(OS(C)(=O)=O)(c2cn(CCC)c3ccc(OC)cc23)c2cn(CCC)c3ccc(OC)cc23)c2cc(OC)ccc21. The lowest BCUT2D eigenvalue weighted by molar-refractivity contribution is 0.170. The molecule has 6 aromatic rings. The lowest BCUT2D eigenvalue weighted by Crippen LogP contribution is -2.35. The Bertz CT molecular complexity index is 1990. The molecule has 0 N–H and O–H groups in total. The van der Waals surface area contributed by atoms with Gasteiger partial charge < -0.3 is 27.9 Å². The van der Waals surface area contributed by atoms with Crippen LogP contribution in [0.25, 0.3) is 32.7 Å². The molecule has 0 fully saturated rings. The average Bonchev–Trinajstić information content (AvgIpc) is 3.75. The van der Waals surface area contributed by atoms with E-state index in [1.54, 1.807) is 21.3 Å². The Morgan fingerprint density at radius 2 is 0.875 bits per heavy atom. The van der Waals surface area contributed by atoms with Gasteiger partial charge in [0, 0.05) is 87.6 Å². The third kappa shape index (κ3) is 5.71. The van der Waals surface area contributed by atoms with Crippen LogP contribution >= 0.6 is 0 Å². The zero-order valence-corrected chi connectivity index (χ0v) is 29.7. The highest BCUT2D eigenvalue weighted by molar-refractivity contribution is 7.86. The quantitative estimate of drug-likeness (QED) is 0.109. The van der Waals surface area contributed by atoms with Crippen molar-refractivity contribution >= 4 is 42.8 Å². The molecular formula is C38H45N3O6S. The van der Waals surface area contributed by atoms with Gasteiger partial charge in [-0.25, -0.2) is 4.18 Å². The van der Waals surface area contributed by atoms with E-state index in [0.717, 1.165) is 77.9 Å². The highest BCUT2D eigenvalue weighted by atomic mass is 32.2. The molecule has 0 unspecified atom stereocenters. The number of nitrogens with zero attached hydrogens (tertiary/aromatic N) is 3. The smallest absolute Gasteiger partial charge is 0.265 e. The Kier molecular flexibility index (Phi) is 9.24. The number of fused-ring (bicyclic) bond motifs is 3. The first-order valence-electron chi connectivity index (χ1n) is 16.5. The van der Waals surface area contributed by atoms with Gasteiger partial charge in [-0.05, 0) is 73.9 Å². The summed E-state index contributed by atoms with van der Waals surface area (Å²) in [7, 11) is 0.805. The molecule has 10 heteroatoms. The highest BCUT2D eigenvalue weighted by Gasteiger charge is 2.47. The lowest BCUT2D eigenvalue weighted by Gasteiger charge is -2.33. The molecule has 254 valence electrons. The van der Waals surface area contributed by atoms with Crippen molar-refractivity contribution in [1.82, 2.24) is 13.7 Å². The maximum Gasteiger partial charge on any atom is 0.265 e. The van der Waals surface area contributed by atoms with E-state index in [0.29, 0.717) is 33.9 Å². The van der Waals surface area contributed by atoms with Gasteiger partial charge in [-0.1, -0.05) is 20.8 Å². The second kappa shape index (κ2) is 13.2. The second-order valence-electron chi connectivity index (χ2n) is 12.3. The monoisotopic (exact) mass is 671 g/mol. The lowest BCUT2D eigenvalue weighted by atomic mass is 9.79. The van der Waals surface area contributed by atoms with Crippen LogP contribution in [0.15, 0.2) is 73.2 Å². The Balaban J connectivity index is 1.90. The van der Waals surface area contributed by atoms with Gasteiger partial charge in [0.05, 0.1) is 27.6 Å². The normalized spacial score (nSPS) is 12.4. The summed E-state index contributed by atoms with van der Waals surface area (Å²) in [5, 5.41) is 2.51. The Labute approximate surface area is 282 Å². The summed E-state index contributed by atoms with van der Waals surface area (Å²) < 4.78 is 58.1. The molecule has 0 atom stereocenters. The molecule has 0 aliphatic carbocycles. The third-order valence-electron chi connectivity index (χ3n) is 9.07. The largest absolute Gasteiger partial charge is 0.497 e. The van der Waals surface area contributed by atoms with Crippen LogP contribution in [0.2, 0.25) is 0 Å². The molecule has 0 bridgehead atoms. The van der Waals surface area contributed by atoms with Gasteiger partial charge in [-0.15, -0.1) is 0 Å². The van der Waals surface area contributed by atoms with Crippen LogP contribution < -0.4 is 14.2 Å². The van der Waals surface area contributed by atoms with Gasteiger partial charge in [0.15, 0.2) is 5.60 Å². The predicted molar refractivity (Wildman–Crippen MR) is 192 cm³/mol. The summed E-state index contributed by atoms with van der Waals surface area (Å²) in [6.45, 7) is 8.58. The molecule has 3 aromatic carbocycles. The molecule has 0 aliphatic heterocycles. The molecule has 0 saturated heterocycles. The molecule has 0 spiro atoms. The first-order valence-corrected chi connectivity index (χ1v) is 18.4. The first kappa shape index (κ1) is 33.5. The maximum atomic E-state index is 13.8. The maximum absolute atomic E-state index is 13.8. The molecule has 6 rings (SSSR count). The van der Waals surface area contributed by atoms with Crippen molar-refractivity contribution in [2.75, 3.05) is 27.6 Å². The number of rotatable bonds is 14. The number of benzene rings is 3. The molecule has 0 amide bonds. The van der Waals surface area contributed by atoms with Gasteiger partial charge in [-0.3, -0.25) is 0 Å². The van der Waals surface area contributed by atoms with Crippen molar-refractivity contribution < 1.29 is 26.8 Å². The average molecular weight is 672 g/mol. The van der Waals surface area contributed by atoms with Gasteiger partial charge in [0.1, 0.15) is 17.2 Å². The highest BCUT2D eigenvalue weighted by Crippen LogP contribution is 2.51. The minimum absolute atomic E-state index is 0.663. The minimum atomic E-state index is -4.11. The van der Waals surface area contributed by atoms with E-state index in [1.165, 1.54) is 0 Å². The van der Waals surface area contributed by atoms with E-state index in [4.69, 9.17) is 18.4 Å².